The van der Waals surface area contributed by atoms with Gasteiger partial charge in [0, 0.05) is 25.7 Å². The summed E-state index contributed by atoms with van der Waals surface area (Å²) in [7, 11) is 0. The first-order chi connectivity index (χ1) is 10.3. The third kappa shape index (κ3) is 3.18. The number of Topliss-reactive ketones (excluding diaryl/α,β-unsaturated/α-hetero) is 1. The normalized spacial score (nSPS) is 28.4. The average Bonchev–Trinajstić information content (AvgIpc) is 3.04. The van der Waals surface area contributed by atoms with Crippen molar-refractivity contribution in [2.75, 3.05) is 26.2 Å². The molecule has 0 aromatic heterocycles. The molecule has 21 heavy (non-hydrogen) atoms. The van der Waals surface area contributed by atoms with E-state index in [1.165, 1.54) is 5.56 Å². The van der Waals surface area contributed by atoms with Crippen molar-refractivity contribution in [2.45, 2.75) is 37.9 Å². The maximum Gasteiger partial charge on any atom is 0.168 e. The van der Waals surface area contributed by atoms with E-state index in [0.717, 1.165) is 39.0 Å². The Morgan fingerprint density at radius 3 is 2.81 bits per heavy atom. The maximum atomic E-state index is 12.8. The van der Waals surface area contributed by atoms with Gasteiger partial charge in [0.1, 0.15) is 0 Å². The van der Waals surface area contributed by atoms with Gasteiger partial charge in [0.15, 0.2) is 5.78 Å². The molecule has 2 saturated heterocycles. The highest BCUT2D eigenvalue weighted by molar-refractivity contribution is 5.89. The van der Waals surface area contributed by atoms with Gasteiger partial charge in [-0.15, -0.1) is 0 Å². The van der Waals surface area contributed by atoms with Crippen LogP contribution in [-0.4, -0.2) is 48.9 Å². The zero-order valence-electron chi connectivity index (χ0n) is 12.7. The van der Waals surface area contributed by atoms with Crippen LogP contribution in [0.4, 0.5) is 0 Å². The molecule has 2 aliphatic rings. The van der Waals surface area contributed by atoms with Gasteiger partial charge < -0.3 is 10.6 Å². The molecule has 2 heterocycles. The number of carbonyl (C=O) groups is 1. The van der Waals surface area contributed by atoms with Gasteiger partial charge in [-0.3, -0.25) is 9.69 Å². The molecule has 0 saturated carbocycles. The molecule has 2 N–H and O–H groups in total. The number of nitrogens with zero attached hydrogens (tertiary/aromatic N) is 1. The molecule has 0 radical (unpaired) electrons. The van der Waals surface area contributed by atoms with Crippen LogP contribution >= 0.6 is 0 Å². The second-order valence-corrected chi connectivity index (χ2v) is 6.10. The number of carbonyl (C=O) groups excluding carboxylic acids is 1. The molecule has 2 unspecified atom stereocenters. The smallest absolute Gasteiger partial charge is 0.168 e. The second-order valence-electron chi connectivity index (χ2n) is 6.10. The minimum Gasteiger partial charge on any atom is -0.313 e. The van der Waals surface area contributed by atoms with Crippen LogP contribution in [0.2, 0.25) is 0 Å². The van der Waals surface area contributed by atoms with E-state index in [-0.39, 0.29) is 12.1 Å². The Labute approximate surface area is 126 Å². The molecule has 4 heteroatoms. The summed E-state index contributed by atoms with van der Waals surface area (Å²) in [5, 5.41) is 6.67. The molecular formula is C17H25N3O. The minimum absolute atomic E-state index is 0.0210. The fourth-order valence-corrected chi connectivity index (χ4v) is 3.57. The van der Waals surface area contributed by atoms with Gasteiger partial charge >= 0.3 is 0 Å². The lowest BCUT2D eigenvalue weighted by atomic mass is 9.99. The van der Waals surface area contributed by atoms with Gasteiger partial charge in [-0.05, 0) is 31.9 Å². The first-order valence-corrected chi connectivity index (χ1v) is 8.06. The summed E-state index contributed by atoms with van der Waals surface area (Å²) in [5.41, 5.74) is 1.30. The quantitative estimate of drug-likeness (QED) is 0.877. The van der Waals surface area contributed by atoms with Gasteiger partial charge in [0.25, 0.3) is 0 Å². The van der Waals surface area contributed by atoms with Crippen molar-refractivity contribution < 1.29 is 4.79 Å². The summed E-state index contributed by atoms with van der Waals surface area (Å²) in [6.07, 6.45) is 2.11. The first-order valence-electron chi connectivity index (χ1n) is 8.06. The molecule has 1 aromatic carbocycles. The SMILES string of the molecule is CC(c1ccccc1)N1CCC[C@H]1C(=O)C1CNCCN1. The van der Waals surface area contributed by atoms with Crippen LogP contribution in [0, 0.1) is 0 Å². The van der Waals surface area contributed by atoms with Crippen LogP contribution in [-0.2, 0) is 4.79 Å². The van der Waals surface area contributed by atoms with Crippen molar-refractivity contribution >= 4 is 5.78 Å². The summed E-state index contributed by atoms with van der Waals surface area (Å²) in [6, 6.07) is 10.9. The molecule has 0 aliphatic carbocycles. The van der Waals surface area contributed by atoms with Gasteiger partial charge in [0.2, 0.25) is 0 Å². The van der Waals surface area contributed by atoms with E-state index in [1.54, 1.807) is 0 Å². The number of ketones is 1. The molecule has 3 rings (SSSR count). The van der Waals surface area contributed by atoms with Crippen molar-refractivity contribution in [3.05, 3.63) is 35.9 Å². The van der Waals surface area contributed by atoms with Crippen LogP contribution in [0.25, 0.3) is 0 Å². The third-order valence-corrected chi connectivity index (χ3v) is 4.79. The van der Waals surface area contributed by atoms with Gasteiger partial charge in [-0.1, -0.05) is 30.3 Å². The van der Waals surface area contributed by atoms with Crippen molar-refractivity contribution in [2.24, 2.45) is 0 Å². The fraction of sp³-hybridized carbons (Fsp3) is 0.588. The zero-order valence-corrected chi connectivity index (χ0v) is 12.7. The number of nitrogens with one attached hydrogen (secondary N) is 2. The lowest BCUT2D eigenvalue weighted by Crippen LogP contribution is -2.56. The highest BCUT2D eigenvalue weighted by atomic mass is 16.1. The van der Waals surface area contributed by atoms with Crippen LogP contribution in [0.5, 0.6) is 0 Å². The monoisotopic (exact) mass is 287 g/mol. The van der Waals surface area contributed by atoms with Crippen molar-refractivity contribution in [3.63, 3.8) is 0 Å². The van der Waals surface area contributed by atoms with Gasteiger partial charge in [-0.2, -0.15) is 0 Å². The molecule has 2 fully saturated rings. The van der Waals surface area contributed by atoms with Gasteiger partial charge in [-0.25, -0.2) is 0 Å². The Morgan fingerprint density at radius 1 is 1.29 bits per heavy atom. The lowest BCUT2D eigenvalue weighted by molar-refractivity contribution is -0.126. The molecule has 0 bridgehead atoms. The van der Waals surface area contributed by atoms with Gasteiger partial charge in [0.05, 0.1) is 12.1 Å². The summed E-state index contributed by atoms with van der Waals surface area (Å²) in [5.74, 6) is 0.363. The highest BCUT2D eigenvalue weighted by Crippen LogP contribution is 2.30. The zero-order chi connectivity index (χ0) is 14.7. The topological polar surface area (TPSA) is 44.4 Å². The maximum absolute atomic E-state index is 12.8. The second kappa shape index (κ2) is 6.69. The molecule has 114 valence electrons. The molecule has 4 nitrogen and oxygen atoms in total. The van der Waals surface area contributed by atoms with Crippen LogP contribution in [0.1, 0.15) is 31.4 Å². The lowest BCUT2D eigenvalue weighted by Gasteiger charge is -2.33. The van der Waals surface area contributed by atoms with Crippen LogP contribution in [0.3, 0.4) is 0 Å². The number of rotatable bonds is 4. The van der Waals surface area contributed by atoms with Crippen LogP contribution < -0.4 is 10.6 Å². The van der Waals surface area contributed by atoms with E-state index in [1.807, 2.05) is 6.07 Å². The van der Waals surface area contributed by atoms with E-state index < -0.39 is 0 Å². The van der Waals surface area contributed by atoms with Crippen molar-refractivity contribution in [1.82, 2.24) is 15.5 Å². The first kappa shape index (κ1) is 14.7. The highest BCUT2D eigenvalue weighted by Gasteiger charge is 2.37. The number of piperazine rings is 1. The molecule has 2 aliphatic heterocycles. The predicted molar refractivity (Wildman–Crippen MR) is 84.3 cm³/mol. The molecule has 3 atom stereocenters. The number of hydrogen-bond donors (Lipinski definition) is 2. The largest absolute Gasteiger partial charge is 0.313 e. The Kier molecular flexibility index (Phi) is 4.68. The number of hydrogen-bond acceptors (Lipinski definition) is 4. The minimum atomic E-state index is -0.0210. The van der Waals surface area contributed by atoms with E-state index in [0.29, 0.717) is 11.8 Å². The number of likely N-dealkylation sites (tertiary alicyclic amines) is 1. The molecule has 0 spiro atoms. The van der Waals surface area contributed by atoms with E-state index >= 15 is 0 Å². The molecular weight excluding hydrogens is 262 g/mol. The van der Waals surface area contributed by atoms with Crippen LogP contribution in [0.15, 0.2) is 30.3 Å². The van der Waals surface area contributed by atoms with Crippen molar-refractivity contribution in [1.29, 1.82) is 0 Å². The third-order valence-electron chi connectivity index (χ3n) is 4.79. The Balaban J connectivity index is 1.71. The molecule has 1 aromatic rings. The van der Waals surface area contributed by atoms with E-state index in [2.05, 4.69) is 46.7 Å². The molecule has 0 amide bonds. The Morgan fingerprint density at radius 2 is 2.10 bits per heavy atom. The Hall–Kier alpha value is -1.23. The fourth-order valence-electron chi connectivity index (χ4n) is 3.57. The summed E-state index contributed by atoms with van der Waals surface area (Å²) < 4.78 is 0. The standard InChI is InChI=1S/C17H25N3O/c1-13(14-6-3-2-4-7-14)20-11-5-8-16(20)17(21)15-12-18-9-10-19-15/h2-4,6-7,13,15-16,18-19H,5,8-12H2,1H3/t13?,15?,16-/m0/s1. The average molecular weight is 287 g/mol. The van der Waals surface area contributed by atoms with E-state index in [9.17, 15) is 4.79 Å². The number of benzene rings is 1. The van der Waals surface area contributed by atoms with E-state index in [4.69, 9.17) is 0 Å². The Bertz CT molecular complexity index is 470. The van der Waals surface area contributed by atoms with Crippen molar-refractivity contribution in [3.8, 4) is 0 Å². The summed E-state index contributed by atoms with van der Waals surface area (Å²) >= 11 is 0. The predicted octanol–water partition coefficient (Wildman–Crippen LogP) is 1.34. The summed E-state index contributed by atoms with van der Waals surface area (Å²) in [4.78, 5) is 15.2. The summed E-state index contributed by atoms with van der Waals surface area (Å²) in [6.45, 7) is 5.85.